The van der Waals surface area contributed by atoms with Crippen molar-refractivity contribution in [2.75, 3.05) is 19.7 Å². The molecule has 0 radical (unpaired) electrons. The Balaban J connectivity index is 1.54. The highest BCUT2D eigenvalue weighted by molar-refractivity contribution is 5.94. The van der Waals surface area contributed by atoms with Crippen LogP contribution in [0.4, 0.5) is 0 Å². The molecule has 2 amide bonds. The molecule has 5 nitrogen and oxygen atoms in total. The fourth-order valence-electron chi connectivity index (χ4n) is 4.17. The SMILES string of the molecule is CCCN(CC1CC1)C(=O)c1ccc(OCC(=O)N2C(C)CCCC2C)cc1. The van der Waals surface area contributed by atoms with E-state index in [0.717, 1.165) is 32.4 Å². The highest BCUT2D eigenvalue weighted by Gasteiger charge is 2.29. The van der Waals surface area contributed by atoms with Crippen molar-refractivity contribution in [3.63, 3.8) is 0 Å². The van der Waals surface area contributed by atoms with E-state index in [0.29, 0.717) is 17.2 Å². The van der Waals surface area contributed by atoms with Crippen molar-refractivity contribution in [3.05, 3.63) is 29.8 Å². The molecule has 2 unspecified atom stereocenters. The summed E-state index contributed by atoms with van der Waals surface area (Å²) < 4.78 is 5.72. The number of ether oxygens (including phenoxy) is 1. The molecule has 1 aliphatic heterocycles. The Morgan fingerprint density at radius 2 is 1.71 bits per heavy atom. The van der Waals surface area contributed by atoms with Crippen LogP contribution >= 0.6 is 0 Å². The van der Waals surface area contributed by atoms with E-state index >= 15 is 0 Å². The summed E-state index contributed by atoms with van der Waals surface area (Å²) in [5.41, 5.74) is 0.686. The van der Waals surface area contributed by atoms with Gasteiger partial charge in [0.15, 0.2) is 6.61 Å². The monoisotopic (exact) mass is 386 g/mol. The van der Waals surface area contributed by atoms with Crippen LogP contribution in [-0.4, -0.2) is 53.4 Å². The number of carbonyl (C=O) groups excluding carboxylic acids is 2. The number of likely N-dealkylation sites (tertiary alicyclic amines) is 1. The number of hydrogen-bond acceptors (Lipinski definition) is 3. The molecule has 28 heavy (non-hydrogen) atoms. The molecule has 154 valence electrons. The molecule has 2 fully saturated rings. The second kappa shape index (κ2) is 9.44. The van der Waals surface area contributed by atoms with E-state index in [1.54, 1.807) is 12.1 Å². The highest BCUT2D eigenvalue weighted by atomic mass is 16.5. The summed E-state index contributed by atoms with van der Waals surface area (Å²) in [7, 11) is 0. The number of rotatable bonds is 8. The van der Waals surface area contributed by atoms with E-state index in [2.05, 4.69) is 20.8 Å². The summed E-state index contributed by atoms with van der Waals surface area (Å²) in [4.78, 5) is 29.3. The van der Waals surface area contributed by atoms with E-state index in [-0.39, 0.29) is 30.5 Å². The summed E-state index contributed by atoms with van der Waals surface area (Å²) in [6, 6.07) is 7.76. The minimum atomic E-state index is 0.0402. The van der Waals surface area contributed by atoms with Gasteiger partial charge in [-0.1, -0.05) is 6.92 Å². The largest absolute Gasteiger partial charge is 0.484 e. The van der Waals surface area contributed by atoms with Gasteiger partial charge in [-0.25, -0.2) is 0 Å². The van der Waals surface area contributed by atoms with Gasteiger partial charge in [0.2, 0.25) is 0 Å². The number of piperidine rings is 1. The third-order valence-electron chi connectivity index (χ3n) is 5.90. The molecule has 1 saturated carbocycles. The third kappa shape index (κ3) is 5.27. The maximum Gasteiger partial charge on any atom is 0.260 e. The van der Waals surface area contributed by atoms with Gasteiger partial charge in [0.25, 0.3) is 11.8 Å². The van der Waals surface area contributed by atoms with Crippen LogP contribution in [0, 0.1) is 5.92 Å². The lowest BCUT2D eigenvalue weighted by Crippen LogP contribution is -2.49. The van der Waals surface area contributed by atoms with Crippen molar-refractivity contribution in [2.45, 2.75) is 71.4 Å². The van der Waals surface area contributed by atoms with Gasteiger partial charge in [0.05, 0.1) is 0 Å². The minimum Gasteiger partial charge on any atom is -0.484 e. The van der Waals surface area contributed by atoms with Crippen LogP contribution in [0.15, 0.2) is 24.3 Å². The van der Waals surface area contributed by atoms with Crippen LogP contribution in [0.5, 0.6) is 5.75 Å². The van der Waals surface area contributed by atoms with Crippen molar-refractivity contribution < 1.29 is 14.3 Å². The van der Waals surface area contributed by atoms with Crippen molar-refractivity contribution >= 4 is 11.8 Å². The first kappa shape index (κ1) is 20.7. The van der Waals surface area contributed by atoms with Gasteiger partial charge in [-0.3, -0.25) is 9.59 Å². The van der Waals surface area contributed by atoms with Crippen LogP contribution in [0.2, 0.25) is 0 Å². The van der Waals surface area contributed by atoms with E-state index in [4.69, 9.17) is 4.74 Å². The van der Waals surface area contributed by atoms with Crippen LogP contribution in [0.3, 0.4) is 0 Å². The molecule has 1 aromatic carbocycles. The Morgan fingerprint density at radius 1 is 1.07 bits per heavy atom. The predicted molar refractivity (Wildman–Crippen MR) is 110 cm³/mol. The lowest BCUT2D eigenvalue weighted by Gasteiger charge is -2.38. The number of carbonyl (C=O) groups is 2. The van der Waals surface area contributed by atoms with Gasteiger partial charge in [0, 0.05) is 30.7 Å². The standard InChI is InChI=1S/C23H34N2O3/c1-4-14-24(15-19-8-9-19)23(27)20-10-12-21(13-11-20)28-16-22(26)25-17(2)6-5-7-18(25)3/h10-13,17-19H,4-9,14-16H2,1-3H3. The molecular formula is C23H34N2O3. The fourth-order valence-corrected chi connectivity index (χ4v) is 4.17. The van der Waals surface area contributed by atoms with Crippen molar-refractivity contribution in [1.82, 2.24) is 9.80 Å². The second-order valence-corrected chi connectivity index (χ2v) is 8.44. The first-order chi connectivity index (χ1) is 13.5. The fraction of sp³-hybridized carbons (Fsp3) is 0.652. The predicted octanol–water partition coefficient (Wildman–Crippen LogP) is 4.12. The lowest BCUT2D eigenvalue weighted by atomic mass is 9.97. The number of nitrogens with zero attached hydrogens (tertiary/aromatic N) is 2. The van der Waals surface area contributed by atoms with Crippen LogP contribution in [0.25, 0.3) is 0 Å². The Kier molecular flexibility index (Phi) is 6.97. The molecule has 1 heterocycles. The Bertz CT molecular complexity index is 659. The van der Waals surface area contributed by atoms with Gasteiger partial charge in [0.1, 0.15) is 5.75 Å². The molecule has 1 aliphatic carbocycles. The van der Waals surface area contributed by atoms with E-state index in [1.165, 1.54) is 19.3 Å². The van der Waals surface area contributed by atoms with Crippen LogP contribution < -0.4 is 4.74 Å². The van der Waals surface area contributed by atoms with Crippen molar-refractivity contribution in [2.24, 2.45) is 5.92 Å². The molecule has 1 aromatic rings. The Labute approximate surface area is 169 Å². The molecular weight excluding hydrogens is 352 g/mol. The molecule has 2 atom stereocenters. The molecule has 3 rings (SSSR count). The Morgan fingerprint density at radius 3 is 2.29 bits per heavy atom. The van der Waals surface area contributed by atoms with Gasteiger partial charge in [-0.15, -0.1) is 0 Å². The molecule has 0 N–H and O–H groups in total. The van der Waals surface area contributed by atoms with Crippen LogP contribution in [0.1, 0.15) is 69.7 Å². The van der Waals surface area contributed by atoms with Crippen LogP contribution in [-0.2, 0) is 4.79 Å². The van der Waals surface area contributed by atoms with Gasteiger partial charge in [-0.05, 0) is 82.6 Å². The molecule has 0 spiro atoms. The zero-order valence-electron chi connectivity index (χ0n) is 17.5. The maximum atomic E-state index is 12.8. The summed E-state index contributed by atoms with van der Waals surface area (Å²) in [5.74, 6) is 1.45. The quantitative estimate of drug-likeness (QED) is 0.675. The van der Waals surface area contributed by atoms with Gasteiger partial charge < -0.3 is 14.5 Å². The third-order valence-corrected chi connectivity index (χ3v) is 5.90. The van der Waals surface area contributed by atoms with Gasteiger partial charge in [-0.2, -0.15) is 0 Å². The average Bonchev–Trinajstić information content (AvgIpc) is 3.50. The van der Waals surface area contributed by atoms with Crippen molar-refractivity contribution in [3.8, 4) is 5.75 Å². The zero-order valence-corrected chi connectivity index (χ0v) is 17.5. The first-order valence-electron chi connectivity index (χ1n) is 10.8. The summed E-state index contributed by atoms with van der Waals surface area (Å²) in [5, 5.41) is 0. The molecule has 0 aromatic heterocycles. The number of amides is 2. The summed E-state index contributed by atoms with van der Waals surface area (Å²) in [6.07, 6.45) is 6.74. The summed E-state index contributed by atoms with van der Waals surface area (Å²) >= 11 is 0. The zero-order chi connectivity index (χ0) is 20.1. The minimum absolute atomic E-state index is 0.0402. The van der Waals surface area contributed by atoms with E-state index < -0.39 is 0 Å². The van der Waals surface area contributed by atoms with Gasteiger partial charge >= 0.3 is 0 Å². The number of hydrogen-bond donors (Lipinski definition) is 0. The average molecular weight is 387 g/mol. The van der Waals surface area contributed by atoms with E-state index in [1.807, 2.05) is 21.9 Å². The number of benzene rings is 1. The lowest BCUT2D eigenvalue weighted by molar-refractivity contribution is -0.139. The smallest absolute Gasteiger partial charge is 0.260 e. The molecule has 5 heteroatoms. The van der Waals surface area contributed by atoms with Crippen molar-refractivity contribution in [1.29, 1.82) is 0 Å². The molecule has 1 saturated heterocycles. The van der Waals surface area contributed by atoms with E-state index in [9.17, 15) is 9.59 Å². The topological polar surface area (TPSA) is 49.9 Å². The molecule has 0 bridgehead atoms. The first-order valence-corrected chi connectivity index (χ1v) is 10.8. The summed E-state index contributed by atoms with van der Waals surface area (Å²) in [6.45, 7) is 8.03. The Hall–Kier alpha value is -2.04. The second-order valence-electron chi connectivity index (χ2n) is 8.44. The maximum absolute atomic E-state index is 12.8. The highest BCUT2D eigenvalue weighted by Crippen LogP contribution is 2.30. The molecule has 2 aliphatic rings. The normalized spacial score (nSPS) is 22.0.